The molecule has 0 amide bonds. The van der Waals surface area contributed by atoms with Crippen molar-refractivity contribution in [2.24, 2.45) is 4.99 Å². The molecule has 0 fully saturated rings. The number of benzene rings is 6. The average Bonchev–Trinajstić information content (AvgIpc) is 3.85. The van der Waals surface area contributed by atoms with Gasteiger partial charge in [-0.1, -0.05) is 78.5 Å². The van der Waals surface area contributed by atoms with Crippen molar-refractivity contribution >= 4 is 67.5 Å². The van der Waals surface area contributed by atoms with Gasteiger partial charge in [0, 0.05) is 54.0 Å². The van der Waals surface area contributed by atoms with Crippen LogP contribution in [0.15, 0.2) is 154 Å². The first-order chi connectivity index (χ1) is 23.3. The summed E-state index contributed by atoms with van der Waals surface area (Å²) in [5.41, 5.74) is 13.2. The zero-order chi connectivity index (χ0) is 31.1. The smallest absolute Gasteiger partial charge is 0.0991 e. The van der Waals surface area contributed by atoms with Crippen molar-refractivity contribution in [1.82, 2.24) is 9.13 Å². The van der Waals surface area contributed by atoms with Crippen LogP contribution in [0.3, 0.4) is 0 Å². The molecule has 3 heterocycles. The van der Waals surface area contributed by atoms with Crippen molar-refractivity contribution in [3.05, 3.63) is 162 Å². The van der Waals surface area contributed by atoms with E-state index >= 15 is 0 Å². The summed E-state index contributed by atoms with van der Waals surface area (Å²) in [5.74, 6) is 0. The lowest BCUT2D eigenvalue weighted by molar-refractivity contribution is 1.09. The molecule has 2 aliphatic rings. The third-order valence-corrected chi connectivity index (χ3v) is 10.3. The Morgan fingerprint density at radius 1 is 0.574 bits per heavy atom. The quantitative estimate of drug-likeness (QED) is 0.197. The second-order valence-electron chi connectivity index (χ2n) is 11.9. The Morgan fingerprint density at radius 3 is 2.04 bits per heavy atom. The van der Waals surface area contributed by atoms with E-state index in [-0.39, 0.29) is 0 Å². The van der Waals surface area contributed by atoms with Gasteiger partial charge in [-0.15, -0.1) is 0 Å². The highest BCUT2D eigenvalue weighted by atomic mass is 32.2. The van der Waals surface area contributed by atoms with Crippen LogP contribution in [-0.2, 0) is 0 Å². The molecule has 6 aromatic carbocycles. The van der Waals surface area contributed by atoms with E-state index in [0.29, 0.717) is 5.56 Å². The normalized spacial score (nSPS) is 13.0. The minimum absolute atomic E-state index is 0.669. The summed E-state index contributed by atoms with van der Waals surface area (Å²) in [4.78, 5) is 7.46. The Morgan fingerprint density at radius 2 is 1.23 bits per heavy atom. The van der Waals surface area contributed by atoms with Crippen molar-refractivity contribution in [2.75, 3.05) is 0 Å². The van der Waals surface area contributed by atoms with Gasteiger partial charge >= 0.3 is 0 Å². The van der Waals surface area contributed by atoms with Crippen LogP contribution >= 0.6 is 11.8 Å². The number of aliphatic imine (C=N–C) groups is 1. The van der Waals surface area contributed by atoms with Crippen LogP contribution in [0.5, 0.6) is 0 Å². The molecule has 4 nitrogen and oxygen atoms in total. The first kappa shape index (κ1) is 26.2. The van der Waals surface area contributed by atoms with E-state index in [4.69, 9.17) is 4.99 Å². The summed E-state index contributed by atoms with van der Waals surface area (Å²) in [5, 5.41) is 12.9. The minimum atomic E-state index is 0.669. The van der Waals surface area contributed by atoms with Crippen LogP contribution in [0.4, 0.5) is 5.69 Å². The lowest BCUT2D eigenvalue weighted by Gasteiger charge is -2.14. The van der Waals surface area contributed by atoms with Gasteiger partial charge in [0.15, 0.2) is 0 Å². The van der Waals surface area contributed by atoms with Crippen molar-refractivity contribution in [3.63, 3.8) is 0 Å². The van der Waals surface area contributed by atoms with Crippen LogP contribution in [-0.4, -0.2) is 14.8 Å². The largest absolute Gasteiger partial charge is 0.307 e. The Balaban J connectivity index is 1.26. The number of hydrogen-bond donors (Lipinski definition) is 0. The van der Waals surface area contributed by atoms with Crippen molar-refractivity contribution < 1.29 is 0 Å². The molecule has 47 heavy (non-hydrogen) atoms. The van der Waals surface area contributed by atoms with E-state index in [2.05, 4.69) is 137 Å². The SMILES string of the molecule is N#Cc1ccc(Sc2ccc(-n3c4c(c5ccc6c7ccccc7n(-c7ccccc7)c6c53)C=C3C4=Nc4ccccc43)cc2)cc1. The highest BCUT2D eigenvalue weighted by Gasteiger charge is 2.35. The van der Waals surface area contributed by atoms with Crippen LogP contribution < -0.4 is 0 Å². The van der Waals surface area contributed by atoms with Gasteiger partial charge in [-0.3, -0.25) is 0 Å². The fourth-order valence-corrected chi connectivity index (χ4v) is 8.12. The van der Waals surface area contributed by atoms with E-state index in [9.17, 15) is 5.26 Å². The first-order valence-electron chi connectivity index (χ1n) is 15.6. The van der Waals surface area contributed by atoms with Gasteiger partial charge in [0.05, 0.1) is 45.3 Å². The van der Waals surface area contributed by atoms with Crippen LogP contribution in [0.2, 0.25) is 0 Å². The predicted molar refractivity (Wildman–Crippen MR) is 193 cm³/mol. The topological polar surface area (TPSA) is 46.0 Å². The average molecular weight is 617 g/mol. The predicted octanol–water partition coefficient (Wildman–Crippen LogP) is 10.7. The molecule has 0 unspecified atom stereocenters. The molecule has 1 aliphatic carbocycles. The molecule has 218 valence electrons. The van der Waals surface area contributed by atoms with E-state index in [1.165, 1.54) is 49.4 Å². The van der Waals surface area contributed by atoms with Gasteiger partial charge < -0.3 is 9.13 Å². The molecule has 0 saturated heterocycles. The maximum Gasteiger partial charge on any atom is 0.0991 e. The summed E-state index contributed by atoms with van der Waals surface area (Å²) in [6.45, 7) is 0. The van der Waals surface area contributed by atoms with E-state index in [0.717, 1.165) is 38.3 Å². The third kappa shape index (κ3) is 3.80. The molecule has 2 aromatic heterocycles. The fraction of sp³-hybridized carbons (Fsp3) is 0. The summed E-state index contributed by atoms with van der Waals surface area (Å²) < 4.78 is 4.86. The minimum Gasteiger partial charge on any atom is -0.307 e. The lowest BCUT2D eigenvalue weighted by atomic mass is 10.0. The van der Waals surface area contributed by atoms with E-state index < -0.39 is 0 Å². The molecule has 0 saturated carbocycles. The van der Waals surface area contributed by atoms with Gasteiger partial charge in [-0.05, 0) is 78.9 Å². The number of nitrogens with zero attached hydrogens (tertiary/aromatic N) is 4. The van der Waals surface area contributed by atoms with Crippen LogP contribution in [0, 0.1) is 11.3 Å². The van der Waals surface area contributed by atoms with Gasteiger partial charge in [-0.2, -0.15) is 5.26 Å². The number of para-hydroxylation sites is 3. The molecule has 5 heteroatoms. The molecule has 0 atom stereocenters. The Labute approximate surface area is 275 Å². The number of rotatable bonds is 4. The maximum absolute atomic E-state index is 9.21. The molecule has 0 bridgehead atoms. The molecule has 0 spiro atoms. The number of fused-ring (bicyclic) bond motifs is 11. The molecule has 1 aliphatic heterocycles. The summed E-state index contributed by atoms with van der Waals surface area (Å²) >= 11 is 1.70. The number of nitriles is 1. The Bertz CT molecular complexity index is 2680. The van der Waals surface area contributed by atoms with Crippen molar-refractivity contribution in [1.29, 1.82) is 5.26 Å². The highest BCUT2D eigenvalue weighted by molar-refractivity contribution is 7.99. The lowest BCUT2D eigenvalue weighted by Crippen LogP contribution is -2.07. The van der Waals surface area contributed by atoms with Crippen molar-refractivity contribution in [2.45, 2.75) is 9.79 Å². The van der Waals surface area contributed by atoms with Crippen LogP contribution in [0.1, 0.15) is 22.4 Å². The zero-order valence-corrected chi connectivity index (χ0v) is 25.9. The summed E-state index contributed by atoms with van der Waals surface area (Å²) in [6.07, 6.45) is 2.34. The van der Waals surface area contributed by atoms with Gasteiger partial charge in [0.2, 0.25) is 0 Å². The number of hydrogen-bond acceptors (Lipinski definition) is 3. The number of aromatic nitrogens is 2. The zero-order valence-electron chi connectivity index (χ0n) is 25.1. The van der Waals surface area contributed by atoms with E-state index in [1.807, 2.05) is 24.3 Å². The Kier molecular flexibility index (Phi) is 5.54. The van der Waals surface area contributed by atoms with Gasteiger partial charge in [0.1, 0.15) is 0 Å². The Hall–Kier alpha value is -6.09. The van der Waals surface area contributed by atoms with Gasteiger partial charge in [0.25, 0.3) is 0 Å². The highest BCUT2D eigenvalue weighted by Crippen LogP contribution is 2.49. The third-order valence-electron chi connectivity index (χ3n) is 9.33. The molecule has 0 radical (unpaired) electrons. The van der Waals surface area contributed by atoms with Gasteiger partial charge in [-0.25, -0.2) is 4.99 Å². The summed E-state index contributed by atoms with van der Waals surface area (Å²) in [6, 6.07) is 51.2. The second-order valence-corrected chi connectivity index (χ2v) is 13.1. The fourth-order valence-electron chi connectivity index (χ4n) is 7.30. The monoisotopic (exact) mass is 616 g/mol. The number of allylic oxidation sites excluding steroid dienone is 1. The summed E-state index contributed by atoms with van der Waals surface area (Å²) in [7, 11) is 0. The molecular formula is C42H24N4S. The van der Waals surface area contributed by atoms with E-state index in [1.54, 1.807) is 11.8 Å². The molecule has 10 rings (SSSR count). The molecule has 8 aromatic rings. The first-order valence-corrected chi connectivity index (χ1v) is 16.4. The second kappa shape index (κ2) is 9.95. The van der Waals surface area contributed by atoms with Crippen molar-refractivity contribution in [3.8, 4) is 17.4 Å². The standard InChI is InChI=1S/C42H24N4S/c43-25-26-14-18-29(19-15-26)47-30-20-16-28(17-21-30)46-40-36(24-35-31-10-4-6-12-37(31)44-39(35)40)34-23-22-33-32-11-5-7-13-38(32)45(41(33)42(34)46)27-8-2-1-3-9-27/h1-24H. The maximum atomic E-state index is 9.21. The van der Waals surface area contributed by atoms with Crippen LogP contribution in [0.25, 0.3) is 55.7 Å². The molecule has 0 N–H and O–H groups in total. The molecular weight excluding hydrogens is 593 g/mol.